The van der Waals surface area contributed by atoms with Crippen LogP contribution in [0.4, 0.5) is 0 Å². The maximum atomic E-state index is 14.0. The minimum Gasteiger partial charge on any atom is -0.508 e. The summed E-state index contributed by atoms with van der Waals surface area (Å²) in [5.41, 5.74) is 1.11. The Balaban J connectivity index is 1.79. The molecular formula is C27H26N2O10. The molecule has 1 fully saturated rings. The number of phenols is 1. The Morgan fingerprint density at radius 3 is 2.41 bits per heavy atom. The number of Topliss-reactive ketones (excluding diaryl/α,β-unsaturated/α-hetero) is 2. The highest BCUT2D eigenvalue weighted by Crippen LogP contribution is 2.56. The summed E-state index contributed by atoms with van der Waals surface area (Å²) in [6.45, 7) is 1.62. The lowest BCUT2D eigenvalue weighted by Crippen LogP contribution is -2.70. The lowest BCUT2D eigenvalue weighted by molar-refractivity contribution is -0.169. The maximum absolute atomic E-state index is 14.0. The molecule has 1 heterocycles. The van der Waals surface area contributed by atoms with E-state index >= 15 is 0 Å². The Bertz CT molecular complexity index is 1530. The van der Waals surface area contributed by atoms with Gasteiger partial charge in [-0.3, -0.25) is 24.1 Å². The number of carbonyl (C=O) groups excluding carboxylic acids is 4. The zero-order valence-corrected chi connectivity index (χ0v) is 21.1. The van der Waals surface area contributed by atoms with Gasteiger partial charge >= 0.3 is 0 Å². The van der Waals surface area contributed by atoms with Crippen molar-refractivity contribution in [2.45, 2.75) is 30.6 Å². The first kappa shape index (κ1) is 26.4. The zero-order chi connectivity index (χ0) is 28.7. The lowest BCUT2D eigenvalue weighted by Gasteiger charge is -2.53. The average molecular weight is 539 g/mol. The van der Waals surface area contributed by atoms with Crippen LogP contribution in [0.15, 0.2) is 45.8 Å². The van der Waals surface area contributed by atoms with E-state index in [-0.39, 0.29) is 22.5 Å². The van der Waals surface area contributed by atoms with E-state index in [0.29, 0.717) is 11.8 Å². The maximum Gasteiger partial charge on any atom is 0.255 e. The molecule has 6 atom stereocenters. The number of aldehydes is 1. The van der Waals surface area contributed by atoms with Crippen molar-refractivity contribution in [2.24, 2.45) is 17.6 Å². The van der Waals surface area contributed by atoms with Crippen molar-refractivity contribution in [3.8, 4) is 17.1 Å². The van der Waals surface area contributed by atoms with Crippen molar-refractivity contribution in [1.29, 1.82) is 0 Å². The van der Waals surface area contributed by atoms with Crippen molar-refractivity contribution < 1.29 is 49.1 Å². The molecule has 1 aromatic carbocycles. The molecule has 2 aromatic rings. The minimum atomic E-state index is -3.00. The summed E-state index contributed by atoms with van der Waals surface area (Å²) in [4.78, 5) is 52.0. The average Bonchev–Trinajstić information content (AvgIpc) is 3.34. The summed E-state index contributed by atoms with van der Waals surface area (Å²) < 4.78 is 5.34. The Labute approximate surface area is 221 Å². The van der Waals surface area contributed by atoms with Gasteiger partial charge in [0.15, 0.2) is 17.7 Å². The zero-order valence-electron chi connectivity index (χ0n) is 21.1. The number of aliphatic hydroxyl groups excluding tert-OH is 3. The molecule has 12 nitrogen and oxygen atoms in total. The van der Waals surface area contributed by atoms with Crippen molar-refractivity contribution in [1.82, 2.24) is 4.90 Å². The predicted molar refractivity (Wildman–Crippen MR) is 133 cm³/mol. The highest BCUT2D eigenvalue weighted by Gasteiger charge is 2.68. The highest BCUT2D eigenvalue weighted by atomic mass is 16.4. The fourth-order valence-electron chi connectivity index (χ4n) is 6.43. The number of fused-ring (bicyclic) bond motifs is 3. The molecule has 7 N–H and O–H groups in total. The monoisotopic (exact) mass is 538 g/mol. The third kappa shape index (κ3) is 3.22. The number of rotatable bonds is 4. The number of ketones is 2. The molecule has 204 valence electrons. The molecular weight excluding hydrogens is 512 g/mol. The van der Waals surface area contributed by atoms with Gasteiger partial charge in [-0.25, -0.2) is 0 Å². The van der Waals surface area contributed by atoms with Crippen molar-refractivity contribution in [3.63, 3.8) is 0 Å². The van der Waals surface area contributed by atoms with Crippen LogP contribution in [0.25, 0.3) is 17.1 Å². The van der Waals surface area contributed by atoms with Crippen molar-refractivity contribution in [2.75, 3.05) is 14.1 Å². The van der Waals surface area contributed by atoms with E-state index in [2.05, 4.69) is 0 Å². The fourth-order valence-corrected chi connectivity index (χ4v) is 6.43. The Morgan fingerprint density at radius 2 is 1.82 bits per heavy atom. The van der Waals surface area contributed by atoms with Crippen LogP contribution in [0.2, 0.25) is 0 Å². The van der Waals surface area contributed by atoms with E-state index in [1.54, 1.807) is 6.92 Å². The van der Waals surface area contributed by atoms with Gasteiger partial charge in [0.2, 0.25) is 5.78 Å². The van der Waals surface area contributed by atoms with Gasteiger partial charge in [-0.05, 0) is 37.7 Å². The number of carbonyl (C=O) groups is 4. The van der Waals surface area contributed by atoms with E-state index < -0.39 is 81.4 Å². The minimum absolute atomic E-state index is 0.0119. The molecule has 0 unspecified atom stereocenters. The third-order valence-electron chi connectivity index (χ3n) is 8.20. The van der Waals surface area contributed by atoms with Gasteiger partial charge in [-0.2, -0.15) is 0 Å². The van der Waals surface area contributed by atoms with Crippen LogP contribution < -0.4 is 5.73 Å². The molecule has 12 heteroatoms. The quantitative estimate of drug-likeness (QED) is 0.234. The molecule has 0 radical (unpaired) electrons. The molecule has 0 bridgehead atoms. The first-order valence-electron chi connectivity index (χ1n) is 12.0. The number of furan rings is 1. The van der Waals surface area contributed by atoms with Crippen LogP contribution in [-0.4, -0.2) is 86.0 Å². The van der Waals surface area contributed by atoms with Gasteiger partial charge in [0.1, 0.15) is 28.6 Å². The largest absolute Gasteiger partial charge is 0.508 e. The van der Waals surface area contributed by atoms with Gasteiger partial charge in [0.25, 0.3) is 5.91 Å². The number of phenolic OH excluding ortho intramolecular Hbond substituents is 1. The van der Waals surface area contributed by atoms with Gasteiger partial charge in [0.05, 0.1) is 41.0 Å². The number of likely N-dealkylation sites (N-methyl/N-ethyl adjacent to an activating group) is 1. The van der Waals surface area contributed by atoms with Gasteiger partial charge in [-0.1, -0.05) is 13.0 Å². The number of primary amides is 1. The van der Waals surface area contributed by atoms with Gasteiger partial charge < -0.3 is 35.7 Å². The molecule has 3 aliphatic carbocycles. The first-order valence-corrected chi connectivity index (χ1v) is 12.0. The van der Waals surface area contributed by atoms with Crippen LogP contribution in [0.5, 0.6) is 5.75 Å². The predicted octanol–water partition coefficient (Wildman–Crippen LogP) is 0.568. The third-order valence-corrected chi connectivity index (χ3v) is 8.20. The normalized spacial score (nSPS) is 30.3. The van der Waals surface area contributed by atoms with Gasteiger partial charge in [0, 0.05) is 11.5 Å². The van der Waals surface area contributed by atoms with E-state index in [1.165, 1.54) is 43.5 Å². The molecule has 1 saturated carbocycles. The Morgan fingerprint density at radius 1 is 1.15 bits per heavy atom. The smallest absolute Gasteiger partial charge is 0.255 e. The van der Waals surface area contributed by atoms with Crippen molar-refractivity contribution >= 4 is 29.5 Å². The SMILES string of the molecule is C[C@H]1c2ccc(-c3occc3C=O)c(O)c2C(O)=C2C(=O)[C@]3(O)C(O)=C(C(N)=O)C(=O)[C@@H](N(C)C)[C@@H]3[C@@H](O)[C@@H]21. The van der Waals surface area contributed by atoms with Crippen molar-refractivity contribution in [3.05, 3.63) is 58.1 Å². The van der Waals surface area contributed by atoms with Crippen LogP contribution in [0.3, 0.4) is 0 Å². The van der Waals surface area contributed by atoms with E-state index in [0.717, 1.165) is 0 Å². The lowest BCUT2D eigenvalue weighted by atomic mass is 9.54. The van der Waals surface area contributed by atoms with E-state index in [9.17, 15) is 44.7 Å². The van der Waals surface area contributed by atoms with E-state index in [4.69, 9.17) is 10.2 Å². The number of benzene rings is 1. The molecule has 0 spiro atoms. The van der Waals surface area contributed by atoms with Crippen LogP contribution in [0, 0.1) is 11.8 Å². The number of hydrogen-bond donors (Lipinski definition) is 6. The number of aromatic hydroxyl groups is 1. The number of amides is 1. The molecule has 3 aliphatic rings. The summed E-state index contributed by atoms with van der Waals surface area (Å²) in [7, 11) is 2.87. The Hall–Kier alpha value is -4.26. The van der Waals surface area contributed by atoms with E-state index in [1.807, 2.05) is 0 Å². The second kappa shape index (κ2) is 8.63. The topological polar surface area (TPSA) is 212 Å². The highest BCUT2D eigenvalue weighted by molar-refractivity contribution is 6.24. The number of nitrogens with two attached hydrogens (primary N) is 1. The standard InChI is InChI=1S/C27H26N2O10/c1-9-11-4-5-12(23-10(8-30)6-7-39-23)19(31)14(11)20(32)15-13(9)21(33)17-18(29(2)3)22(34)16(26(28)37)25(36)27(17,38)24(15)35/h4-9,13,17-18,21,31-33,36,38H,1-3H3,(H2,28,37)/t9-,13+,17+,18-,21-,27-/m0/s1. The summed E-state index contributed by atoms with van der Waals surface area (Å²) in [5.74, 6) is -9.78. The van der Waals surface area contributed by atoms with Crippen LogP contribution in [0.1, 0.15) is 34.3 Å². The summed E-state index contributed by atoms with van der Waals surface area (Å²) >= 11 is 0. The number of aliphatic hydroxyl groups is 4. The molecule has 39 heavy (non-hydrogen) atoms. The second-order valence-electron chi connectivity index (χ2n) is 10.3. The summed E-state index contributed by atoms with van der Waals surface area (Å²) in [6, 6.07) is 2.95. The van der Waals surface area contributed by atoms with Crippen LogP contribution >= 0.6 is 0 Å². The molecule has 0 saturated heterocycles. The van der Waals surface area contributed by atoms with Gasteiger partial charge in [-0.15, -0.1) is 0 Å². The second-order valence-corrected chi connectivity index (χ2v) is 10.3. The summed E-state index contributed by atoms with van der Waals surface area (Å²) in [5, 5.41) is 56.9. The molecule has 0 aliphatic heterocycles. The molecule has 1 aromatic heterocycles. The number of nitrogens with zero attached hydrogens (tertiary/aromatic N) is 1. The molecule has 1 amide bonds. The fraction of sp³-hybridized carbons (Fsp3) is 0.333. The Kier molecular flexibility index (Phi) is 5.83. The first-order chi connectivity index (χ1) is 18.3. The number of hydrogen-bond acceptors (Lipinski definition) is 11. The van der Waals surface area contributed by atoms with Crippen LogP contribution in [-0.2, 0) is 14.4 Å². The summed E-state index contributed by atoms with van der Waals surface area (Å²) in [6.07, 6.45) is 0.0692. The molecule has 5 rings (SSSR count).